The van der Waals surface area contributed by atoms with Crippen LogP contribution in [0.4, 0.5) is 0 Å². The molecule has 0 spiro atoms. The normalized spacial score (nSPS) is 10.0. The molecule has 108 valence electrons. The molecule has 0 fully saturated rings. The molecule has 0 heterocycles. The van der Waals surface area contributed by atoms with Crippen LogP contribution < -0.4 is 9.47 Å². The highest BCUT2D eigenvalue weighted by Gasteiger charge is 2.10. The number of carbonyl (C=O) groups is 2. The molecule has 0 amide bonds. The van der Waals surface area contributed by atoms with Crippen molar-refractivity contribution in [1.29, 1.82) is 0 Å². The second-order valence-corrected chi connectivity index (χ2v) is 4.42. The molecule has 0 radical (unpaired) electrons. The fourth-order valence-corrected chi connectivity index (χ4v) is 1.83. The topological polar surface area (TPSA) is 52.6 Å². The third-order valence-corrected chi connectivity index (χ3v) is 3.01. The fraction of sp³-hybridized carbons (Fsp3) is 0.176. The summed E-state index contributed by atoms with van der Waals surface area (Å²) in [6.07, 6.45) is 0.447. The van der Waals surface area contributed by atoms with Crippen molar-refractivity contribution in [2.45, 2.75) is 13.3 Å². The van der Waals surface area contributed by atoms with Crippen LogP contribution in [-0.4, -0.2) is 18.9 Å². The van der Waals surface area contributed by atoms with Crippen molar-refractivity contribution in [2.24, 2.45) is 0 Å². The number of rotatable bonds is 5. The molecule has 0 aliphatic rings. The number of hydrogen-bond donors (Lipinski definition) is 0. The van der Waals surface area contributed by atoms with Gasteiger partial charge in [-0.3, -0.25) is 4.79 Å². The Morgan fingerprint density at radius 3 is 2.29 bits per heavy atom. The van der Waals surface area contributed by atoms with E-state index in [1.807, 2.05) is 0 Å². The van der Waals surface area contributed by atoms with Crippen molar-refractivity contribution in [1.82, 2.24) is 0 Å². The standard InChI is InChI=1S/C17H16O4/c1-3-16(18)12-7-9-14(10-8-12)21-17(19)13-5-4-6-15(11-13)20-2/h4-11H,3H2,1-2H3. The number of carbonyl (C=O) groups excluding carboxylic acids is 2. The molecule has 0 aromatic heterocycles. The van der Waals surface area contributed by atoms with Gasteiger partial charge in [-0.2, -0.15) is 0 Å². The molecule has 0 N–H and O–H groups in total. The van der Waals surface area contributed by atoms with Crippen LogP contribution in [0, 0.1) is 0 Å². The molecule has 2 aromatic rings. The molecule has 0 atom stereocenters. The van der Waals surface area contributed by atoms with Gasteiger partial charge in [0.25, 0.3) is 0 Å². The van der Waals surface area contributed by atoms with Crippen LogP contribution >= 0.6 is 0 Å². The van der Waals surface area contributed by atoms with Gasteiger partial charge in [-0.05, 0) is 42.5 Å². The van der Waals surface area contributed by atoms with Gasteiger partial charge in [0, 0.05) is 12.0 Å². The lowest BCUT2D eigenvalue weighted by atomic mass is 10.1. The van der Waals surface area contributed by atoms with E-state index < -0.39 is 5.97 Å². The minimum atomic E-state index is -0.469. The van der Waals surface area contributed by atoms with E-state index in [1.54, 1.807) is 55.5 Å². The Bertz CT molecular complexity index is 644. The van der Waals surface area contributed by atoms with E-state index in [-0.39, 0.29) is 5.78 Å². The zero-order valence-electron chi connectivity index (χ0n) is 12.0. The minimum Gasteiger partial charge on any atom is -0.497 e. The second-order valence-electron chi connectivity index (χ2n) is 4.42. The first-order valence-electron chi connectivity index (χ1n) is 6.63. The molecule has 4 heteroatoms. The smallest absolute Gasteiger partial charge is 0.343 e. The molecule has 0 bridgehead atoms. The quantitative estimate of drug-likeness (QED) is 0.479. The summed E-state index contributed by atoms with van der Waals surface area (Å²) < 4.78 is 10.3. The molecule has 21 heavy (non-hydrogen) atoms. The van der Waals surface area contributed by atoms with E-state index in [1.165, 1.54) is 7.11 Å². The number of methoxy groups -OCH3 is 1. The molecule has 0 aliphatic carbocycles. The van der Waals surface area contributed by atoms with Gasteiger partial charge in [0.2, 0.25) is 0 Å². The van der Waals surface area contributed by atoms with Crippen molar-refractivity contribution < 1.29 is 19.1 Å². The summed E-state index contributed by atoms with van der Waals surface area (Å²) >= 11 is 0. The Balaban J connectivity index is 2.10. The number of Topliss-reactive ketones (excluding diaryl/α,β-unsaturated/α-hetero) is 1. The third kappa shape index (κ3) is 3.69. The molecule has 0 aliphatic heterocycles. The van der Waals surface area contributed by atoms with E-state index in [0.29, 0.717) is 29.0 Å². The average molecular weight is 284 g/mol. The summed E-state index contributed by atoms with van der Waals surface area (Å²) in [5.41, 5.74) is 1.02. The zero-order valence-corrected chi connectivity index (χ0v) is 12.0. The van der Waals surface area contributed by atoms with Crippen molar-refractivity contribution in [3.63, 3.8) is 0 Å². The van der Waals surface area contributed by atoms with E-state index >= 15 is 0 Å². The summed E-state index contributed by atoms with van der Waals surface area (Å²) in [5, 5.41) is 0. The molecule has 0 saturated carbocycles. The maximum Gasteiger partial charge on any atom is 0.343 e. The summed E-state index contributed by atoms with van der Waals surface area (Å²) in [6, 6.07) is 13.3. The van der Waals surface area contributed by atoms with Crippen LogP contribution in [0.15, 0.2) is 48.5 Å². The van der Waals surface area contributed by atoms with Gasteiger partial charge in [-0.15, -0.1) is 0 Å². The molecule has 0 unspecified atom stereocenters. The van der Waals surface area contributed by atoms with Gasteiger partial charge in [0.1, 0.15) is 11.5 Å². The van der Waals surface area contributed by atoms with Gasteiger partial charge >= 0.3 is 5.97 Å². The molecular weight excluding hydrogens is 268 g/mol. The van der Waals surface area contributed by atoms with E-state index in [9.17, 15) is 9.59 Å². The van der Waals surface area contributed by atoms with Crippen molar-refractivity contribution >= 4 is 11.8 Å². The van der Waals surface area contributed by atoms with Crippen LogP contribution in [0.5, 0.6) is 11.5 Å². The van der Waals surface area contributed by atoms with Gasteiger partial charge in [-0.1, -0.05) is 13.0 Å². The summed E-state index contributed by atoms with van der Waals surface area (Å²) in [4.78, 5) is 23.5. The predicted octanol–water partition coefficient (Wildman–Crippen LogP) is 3.51. The number of hydrogen-bond acceptors (Lipinski definition) is 4. The predicted molar refractivity (Wildman–Crippen MR) is 79.0 cm³/mol. The van der Waals surface area contributed by atoms with Crippen molar-refractivity contribution in [3.8, 4) is 11.5 Å². The van der Waals surface area contributed by atoms with Gasteiger partial charge < -0.3 is 9.47 Å². The third-order valence-electron chi connectivity index (χ3n) is 3.01. The Morgan fingerprint density at radius 1 is 0.952 bits per heavy atom. The zero-order chi connectivity index (χ0) is 15.2. The van der Waals surface area contributed by atoms with Crippen LogP contribution in [0.3, 0.4) is 0 Å². The van der Waals surface area contributed by atoms with Crippen molar-refractivity contribution in [3.05, 3.63) is 59.7 Å². The Labute approximate surface area is 123 Å². The molecule has 0 saturated heterocycles. The number of ketones is 1. The molecule has 2 aromatic carbocycles. The van der Waals surface area contributed by atoms with Crippen LogP contribution in [0.2, 0.25) is 0 Å². The number of benzene rings is 2. The number of ether oxygens (including phenoxy) is 2. The van der Waals surface area contributed by atoms with Gasteiger partial charge in [-0.25, -0.2) is 4.79 Å². The first-order valence-corrected chi connectivity index (χ1v) is 6.63. The summed E-state index contributed by atoms with van der Waals surface area (Å²) in [7, 11) is 1.54. The van der Waals surface area contributed by atoms with E-state index in [0.717, 1.165) is 0 Å². The van der Waals surface area contributed by atoms with E-state index in [4.69, 9.17) is 9.47 Å². The highest BCUT2D eigenvalue weighted by molar-refractivity contribution is 5.96. The Kier molecular flexibility index (Phi) is 4.72. The maximum absolute atomic E-state index is 12.0. The lowest BCUT2D eigenvalue weighted by molar-refractivity contribution is 0.0734. The van der Waals surface area contributed by atoms with E-state index in [2.05, 4.69) is 0 Å². The first-order chi connectivity index (χ1) is 10.1. The van der Waals surface area contributed by atoms with Crippen LogP contribution in [0.25, 0.3) is 0 Å². The molecule has 2 rings (SSSR count). The van der Waals surface area contributed by atoms with Crippen molar-refractivity contribution in [2.75, 3.05) is 7.11 Å². The highest BCUT2D eigenvalue weighted by Crippen LogP contribution is 2.17. The number of esters is 1. The molecular formula is C17H16O4. The highest BCUT2D eigenvalue weighted by atomic mass is 16.5. The Morgan fingerprint density at radius 2 is 1.67 bits per heavy atom. The Hall–Kier alpha value is -2.62. The first kappa shape index (κ1) is 14.8. The minimum absolute atomic E-state index is 0.0562. The lowest BCUT2D eigenvalue weighted by Crippen LogP contribution is -2.08. The van der Waals surface area contributed by atoms with Crippen LogP contribution in [-0.2, 0) is 0 Å². The summed E-state index contributed by atoms with van der Waals surface area (Å²) in [5.74, 6) is 0.577. The fourth-order valence-electron chi connectivity index (χ4n) is 1.83. The van der Waals surface area contributed by atoms with Gasteiger partial charge in [0.05, 0.1) is 12.7 Å². The monoisotopic (exact) mass is 284 g/mol. The molecule has 4 nitrogen and oxygen atoms in total. The summed E-state index contributed by atoms with van der Waals surface area (Å²) in [6.45, 7) is 1.80. The van der Waals surface area contributed by atoms with Gasteiger partial charge in [0.15, 0.2) is 5.78 Å². The second kappa shape index (κ2) is 6.70. The lowest BCUT2D eigenvalue weighted by Gasteiger charge is -2.06. The van der Waals surface area contributed by atoms with Crippen LogP contribution in [0.1, 0.15) is 34.1 Å². The average Bonchev–Trinajstić information content (AvgIpc) is 2.54. The SMILES string of the molecule is CCC(=O)c1ccc(OC(=O)c2cccc(OC)c2)cc1. The largest absolute Gasteiger partial charge is 0.497 e. The maximum atomic E-state index is 12.0.